The van der Waals surface area contributed by atoms with Gasteiger partial charge in [-0.1, -0.05) is 12.1 Å². The normalized spacial score (nSPS) is 16.7. The third-order valence-corrected chi connectivity index (χ3v) is 11.8. The van der Waals surface area contributed by atoms with Crippen LogP contribution in [0.1, 0.15) is 27.0 Å². The number of phenolic OH excluding ortho intramolecular Hbond substituents is 2. The molecule has 0 saturated heterocycles. The van der Waals surface area contributed by atoms with Gasteiger partial charge in [0, 0.05) is 25.6 Å². The second-order valence-electron chi connectivity index (χ2n) is 7.32. The van der Waals surface area contributed by atoms with Crippen LogP contribution in [-0.4, -0.2) is 42.1 Å². The monoisotopic (exact) mass is 834 g/mol. The van der Waals surface area contributed by atoms with Crippen molar-refractivity contribution in [3.63, 3.8) is 0 Å². The van der Waals surface area contributed by atoms with Gasteiger partial charge in [0.2, 0.25) is 0 Å². The van der Waals surface area contributed by atoms with Crippen LogP contribution in [0.15, 0.2) is 64.1 Å². The van der Waals surface area contributed by atoms with Crippen LogP contribution in [0.2, 0.25) is 0 Å². The molecule has 2 N–H and O–H groups in total. The average Bonchev–Trinajstić information content (AvgIpc) is 3.06. The molecular weight excluding hydrogens is 830 g/mol. The van der Waals surface area contributed by atoms with Crippen LogP contribution in [0, 0.1) is 0 Å². The number of carbonyl (C=O) groups excluding carboxylic acids is 1. The Balaban J connectivity index is 0.00000253. The minimum absolute atomic E-state index is 0. The Labute approximate surface area is 294 Å². The maximum absolute atomic E-state index is 13.3. The second-order valence-corrected chi connectivity index (χ2v) is 13.1. The van der Waals surface area contributed by atoms with Crippen LogP contribution >= 0.6 is 63.7 Å². The third kappa shape index (κ3) is 5.61. The number of aromatic hydroxyl groups is 2. The fourth-order valence-corrected chi connectivity index (χ4v) is 8.85. The fraction of sp³-hybridized carbons (Fsp3) is 0.0500. The van der Waals surface area contributed by atoms with E-state index in [2.05, 4.69) is 63.7 Å². The van der Waals surface area contributed by atoms with Gasteiger partial charge >= 0.3 is 65.1 Å². The molecule has 1 atom stereocenters. The van der Waals surface area contributed by atoms with Crippen molar-refractivity contribution in [2.45, 2.75) is 15.4 Å². The number of hydrogen-bond donors (Lipinski definition) is 2. The number of hydrogen-bond acceptors (Lipinski definition) is 10. The van der Waals surface area contributed by atoms with E-state index >= 15 is 0 Å². The number of halogens is 4. The minimum atomic E-state index is -5.74. The molecule has 1 unspecified atom stereocenters. The smallest absolute Gasteiger partial charge is 0.744 e. The number of fused-ring (bicyclic) bond motifs is 1. The molecule has 1 heterocycles. The van der Waals surface area contributed by atoms with Crippen LogP contribution in [-0.2, 0) is 30.6 Å². The Morgan fingerprint density at radius 3 is 1.76 bits per heavy atom. The van der Waals surface area contributed by atoms with Gasteiger partial charge in [0.15, 0.2) is 5.60 Å². The third-order valence-electron chi connectivity index (χ3n) is 5.31. The number of phenols is 2. The zero-order valence-electron chi connectivity index (χ0n) is 19.0. The van der Waals surface area contributed by atoms with Crippen LogP contribution in [0.5, 0.6) is 11.5 Å². The zero-order chi connectivity index (χ0) is 27.0. The molecule has 1 aliphatic rings. The van der Waals surface area contributed by atoms with E-state index < -0.39 is 51.6 Å². The summed E-state index contributed by atoms with van der Waals surface area (Å²) in [6.07, 6.45) is 0. The maximum atomic E-state index is 13.3. The van der Waals surface area contributed by atoms with Gasteiger partial charge in [-0.05, 0) is 88.0 Å². The molecule has 190 valence electrons. The van der Waals surface area contributed by atoms with Gasteiger partial charge < -0.3 is 24.1 Å². The molecule has 0 bridgehead atoms. The summed E-state index contributed by atoms with van der Waals surface area (Å²) in [4.78, 5) is 10.3. The number of cyclic esters (lactones) is 1. The molecule has 4 rings (SSSR count). The van der Waals surface area contributed by atoms with Crippen molar-refractivity contribution < 1.29 is 105 Å². The summed E-state index contributed by atoms with van der Waals surface area (Å²) >= 11 is 12.5. The number of esters is 1. The summed E-state index contributed by atoms with van der Waals surface area (Å²) in [5.74, 6) is -1.80. The van der Waals surface area contributed by atoms with Crippen molar-refractivity contribution in [2.24, 2.45) is 0 Å². The first-order chi connectivity index (χ1) is 16.5. The zero-order valence-corrected chi connectivity index (χ0v) is 30.9. The van der Waals surface area contributed by atoms with E-state index in [9.17, 15) is 40.9 Å². The average molecular weight is 838 g/mol. The predicted octanol–water partition coefficient (Wildman–Crippen LogP) is -1.57. The van der Waals surface area contributed by atoms with Crippen molar-refractivity contribution in [1.82, 2.24) is 0 Å². The topological polar surface area (TPSA) is 181 Å². The van der Waals surface area contributed by atoms with Gasteiger partial charge in [-0.15, -0.1) is 0 Å². The first kappa shape index (κ1) is 34.7. The molecule has 3 aromatic rings. The number of ether oxygens (including phenoxy) is 1. The Kier molecular flexibility index (Phi) is 10.9. The van der Waals surface area contributed by atoms with Gasteiger partial charge in [-0.3, -0.25) is 0 Å². The van der Waals surface area contributed by atoms with Crippen LogP contribution < -0.4 is 59.1 Å². The van der Waals surface area contributed by atoms with Crippen molar-refractivity contribution in [3.8, 4) is 11.5 Å². The Hall–Kier alpha value is 0.470. The summed E-state index contributed by atoms with van der Waals surface area (Å²) < 4.78 is 78.0. The Morgan fingerprint density at radius 1 is 0.737 bits per heavy atom. The van der Waals surface area contributed by atoms with E-state index in [4.69, 9.17) is 4.74 Å². The van der Waals surface area contributed by atoms with Gasteiger partial charge in [-0.25, -0.2) is 21.6 Å². The van der Waals surface area contributed by atoms with Crippen molar-refractivity contribution >= 4 is 89.9 Å². The standard InChI is InChI=1S/C20H10Br4O10S2.2Na/c21-13-9(5-6-10(26)14(13)22)20(7-1-3-8(25)4-2-7)12-11(19(27)34-20)17(35(28,29)30)18(36(31,32)33)16(24)15(12)23;;/h1-6,25-26H,(H,28,29,30)(H,31,32,33);;/q;2*+1/p-2. The second kappa shape index (κ2) is 12.0. The predicted molar refractivity (Wildman–Crippen MR) is 135 cm³/mol. The van der Waals surface area contributed by atoms with E-state index in [-0.39, 0.29) is 101 Å². The number of carbonyl (C=O) groups is 1. The molecule has 18 heteroatoms. The van der Waals surface area contributed by atoms with Crippen LogP contribution in [0.3, 0.4) is 0 Å². The molecule has 0 radical (unpaired) electrons. The van der Waals surface area contributed by atoms with E-state index in [1.54, 1.807) is 0 Å². The van der Waals surface area contributed by atoms with Crippen LogP contribution in [0.25, 0.3) is 0 Å². The van der Waals surface area contributed by atoms with E-state index in [0.717, 1.165) is 0 Å². The summed E-state index contributed by atoms with van der Waals surface area (Å²) in [6, 6.07) is 7.75. The molecule has 3 aromatic carbocycles. The Morgan fingerprint density at radius 2 is 1.26 bits per heavy atom. The quantitative estimate of drug-likeness (QED) is 0.177. The van der Waals surface area contributed by atoms with Gasteiger partial charge in [0.25, 0.3) is 0 Å². The molecule has 10 nitrogen and oxygen atoms in total. The molecule has 0 spiro atoms. The number of rotatable bonds is 4. The molecule has 1 aliphatic heterocycles. The molecule has 0 aromatic heterocycles. The first-order valence-corrected chi connectivity index (χ1v) is 15.2. The van der Waals surface area contributed by atoms with Gasteiger partial charge in [0.1, 0.15) is 31.7 Å². The molecule has 0 saturated carbocycles. The minimum Gasteiger partial charge on any atom is -0.744 e. The summed E-state index contributed by atoms with van der Waals surface area (Å²) in [7, 11) is -11.3. The van der Waals surface area contributed by atoms with E-state index in [1.165, 1.54) is 36.4 Å². The summed E-state index contributed by atoms with van der Waals surface area (Å²) in [5, 5.41) is 19.9. The molecule has 0 fully saturated rings. The molecule has 0 amide bonds. The summed E-state index contributed by atoms with van der Waals surface area (Å²) in [5.41, 5.74) is -3.11. The first-order valence-electron chi connectivity index (χ1n) is 9.21. The van der Waals surface area contributed by atoms with Crippen molar-refractivity contribution in [1.29, 1.82) is 0 Å². The fourth-order valence-electron chi connectivity index (χ4n) is 3.93. The number of benzene rings is 3. The Bertz CT molecular complexity index is 1700. The molecular formula is C20H8Br4Na2O10S2. The van der Waals surface area contributed by atoms with Crippen molar-refractivity contribution in [3.05, 3.63) is 76.5 Å². The largest absolute Gasteiger partial charge is 1.00 e. The van der Waals surface area contributed by atoms with Gasteiger partial charge in [0.05, 0.1) is 24.3 Å². The molecule has 0 aliphatic carbocycles. The summed E-state index contributed by atoms with van der Waals surface area (Å²) in [6.45, 7) is 0. The maximum Gasteiger partial charge on any atom is 1.00 e. The SMILES string of the molecule is O=C1OC(c2ccc(O)cc2)(c2ccc(O)c(Br)c2Br)c2c(Br)c(Br)c(S(=O)(=O)[O-])c(S(=O)(=O)[O-])c21.[Na+].[Na+]. The molecule has 38 heavy (non-hydrogen) atoms. The van der Waals surface area contributed by atoms with Crippen molar-refractivity contribution in [2.75, 3.05) is 0 Å². The van der Waals surface area contributed by atoms with E-state index in [1.807, 2.05) is 0 Å². The van der Waals surface area contributed by atoms with E-state index in [0.29, 0.717) is 0 Å². The van der Waals surface area contributed by atoms with Gasteiger partial charge in [-0.2, -0.15) is 0 Å². The van der Waals surface area contributed by atoms with Crippen LogP contribution in [0.4, 0.5) is 0 Å².